The van der Waals surface area contributed by atoms with Crippen LogP contribution in [0.15, 0.2) is 10.7 Å². The SMILES string of the molecule is Cc1ncsc1CCSc1nnnn1CCN. The molecule has 2 N–H and O–H groups in total. The summed E-state index contributed by atoms with van der Waals surface area (Å²) >= 11 is 3.35. The van der Waals surface area contributed by atoms with Gasteiger partial charge in [-0.25, -0.2) is 9.67 Å². The van der Waals surface area contributed by atoms with Gasteiger partial charge in [-0.2, -0.15) is 0 Å². The molecule has 0 radical (unpaired) electrons. The number of thioether (sulfide) groups is 1. The predicted molar refractivity (Wildman–Crippen MR) is 68.2 cm³/mol. The molecular formula is C9H14N6S2. The average molecular weight is 270 g/mol. The fourth-order valence-electron chi connectivity index (χ4n) is 1.36. The highest BCUT2D eigenvalue weighted by Gasteiger charge is 2.07. The minimum atomic E-state index is 0.548. The van der Waals surface area contributed by atoms with E-state index < -0.39 is 0 Å². The number of nitrogens with two attached hydrogens (primary N) is 1. The molecule has 2 aromatic rings. The van der Waals surface area contributed by atoms with E-state index >= 15 is 0 Å². The van der Waals surface area contributed by atoms with Gasteiger partial charge in [-0.05, 0) is 23.8 Å². The van der Waals surface area contributed by atoms with Gasteiger partial charge in [0.05, 0.1) is 17.7 Å². The minimum absolute atomic E-state index is 0.548. The third-order valence-corrected chi connectivity index (χ3v) is 4.20. The van der Waals surface area contributed by atoms with Crippen molar-refractivity contribution >= 4 is 23.1 Å². The number of hydrogen-bond donors (Lipinski definition) is 1. The summed E-state index contributed by atoms with van der Waals surface area (Å²) < 4.78 is 1.74. The second-order valence-electron chi connectivity index (χ2n) is 3.43. The van der Waals surface area contributed by atoms with Crippen LogP contribution in [0.3, 0.4) is 0 Å². The highest BCUT2D eigenvalue weighted by Crippen LogP contribution is 2.19. The Hall–Kier alpha value is -0.990. The van der Waals surface area contributed by atoms with Crippen LogP contribution in [0, 0.1) is 6.92 Å². The van der Waals surface area contributed by atoms with Crippen LogP contribution in [0.4, 0.5) is 0 Å². The third kappa shape index (κ3) is 3.24. The van der Waals surface area contributed by atoms with Gasteiger partial charge in [-0.1, -0.05) is 11.8 Å². The zero-order valence-corrected chi connectivity index (χ0v) is 11.2. The fraction of sp³-hybridized carbons (Fsp3) is 0.556. The molecule has 0 amide bonds. The maximum Gasteiger partial charge on any atom is 0.209 e. The quantitative estimate of drug-likeness (QED) is 0.779. The number of aryl methyl sites for hydroxylation is 2. The van der Waals surface area contributed by atoms with Gasteiger partial charge in [0.15, 0.2) is 0 Å². The molecule has 0 fully saturated rings. The fourth-order valence-corrected chi connectivity index (χ4v) is 3.13. The Kier molecular flexibility index (Phi) is 4.46. The van der Waals surface area contributed by atoms with E-state index in [9.17, 15) is 0 Å². The summed E-state index contributed by atoms with van der Waals surface area (Å²) in [6.45, 7) is 3.25. The highest BCUT2D eigenvalue weighted by molar-refractivity contribution is 7.99. The standard InChI is InChI=1S/C9H14N6S2/c1-7-8(17-6-11-7)2-5-16-9-12-13-14-15(9)4-3-10/h6H,2-5,10H2,1H3. The number of thiazole rings is 1. The van der Waals surface area contributed by atoms with Crippen LogP contribution in [0.5, 0.6) is 0 Å². The number of aromatic nitrogens is 5. The van der Waals surface area contributed by atoms with Crippen LogP contribution in [0.25, 0.3) is 0 Å². The molecule has 0 unspecified atom stereocenters. The Balaban J connectivity index is 1.86. The van der Waals surface area contributed by atoms with Crippen LogP contribution in [-0.2, 0) is 13.0 Å². The average Bonchev–Trinajstić information content (AvgIpc) is 2.90. The maximum absolute atomic E-state index is 5.48. The number of tetrazole rings is 1. The molecule has 0 spiro atoms. The number of nitrogens with zero attached hydrogens (tertiary/aromatic N) is 5. The zero-order valence-electron chi connectivity index (χ0n) is 9.54. The second kappa shape index (κ2) is 6.08. The van der Waals surface area contributed by atoms with Gasteiger partial charge < -0.3 is 5.73 Å². The van der Waals surface area contributed by atoms with Crippen molar-refractivity contribution in [3.05, 3.63) is 16.1 Å². The molecule has 2 heterocycles. The molecular weight excluding hydrogens is 256 g/mol. The van der Waals surface area contributed by atoms with Crippen molar-refractivity contribution in [2.24, 2.45) is 5.73 Å². The lowest BCUT2D eigenvalue weighted by molar-refractivity contribution is 0.557. The smallest absolute Gasteiger partial charge is 0.209 e. The lowest BCUT2D eigenvalue weighted by Gasteiger charge is -2.01. The first-order valence-electron chi connectivity index (χ1n) is 5.29. The first-order valence-corrected chi connectivity index (χ1v) is 7.15. The second-order valence-corrected chi connectivity index (χ2v) is 5.43. The van der Waals surface area contributed by atoms with Gasteiger partial charge in [0, 0.05) is 17.2 Å². The van der Waals surface area contributed by atoms with E-state index in [1.165, 1.54) is 4.88 Å². The number of rotatable bonds is 6. The third-order valence-electron chi connectivity index (χ3n) is 2.25. The van der Waals surface area contributed by atoms with Crippen molar-refractivity contribution in [1.82, 2.24) is 25.2 Å². The monoisotopic (exact) mass is 270 g/mol. The van der Waals surface area contributed by atoms with Crippen LogP contribution < -0.4 is 5.73 Å². The molecule has 0 aliphatic heterocycles. The molecule has 8 heteroatoms. The molecule has 0 aromatic carbocycles. The molecule has 0 bridgehead atoms. The van der Waals surface area contributed by atoms with Crippen molar-refractivity contribution < 1.29 is 0 Å². The lowest BCUT2D eigenvalue weighted by Crippen LogP contribution is -2.12. The normalized spacial score (nSPS) is 10.9. The van der Waals surface area contributed by atoms with Gasteiger partial charge in [-0.3, -0.25) is 0 Å². The maximum atomic E-state index is 5.48. The molecule has 0 saturated heterocycles. The molecule has 0 atom stereocenters. The van der Waals surface area contributed by atoms with Crippen molar-refractivity contribution in [3.63, 3.8) is 0 Å². The first kappa shape index (κ1) is 12.5. The lowest BCUT2D eigenvalue weighted by atomic mass is 10.3. The summed E-state index contributed by atoms with van der Waals surface area (Å²) in [5.41, 5.74) is 8.49. The van der Waals surface area contributed by atoms with Gasteiger partial charge in [0.2, 0.25) is 5.16 Å². The number of hydrogen-bond acceptors (Lipinski definition) is 7. The molecule has 0 saturated carbocycles. The van der Waals surface area contributed by atoms with Gasteiger partial charge >= 0.3 is 0 Å². The summed E-state index contributed by atoms with van der Waals surface area (Å²) in [7, 11) is 0. The van der Waals surface area contributed by atoms with Crippen molar-refractivity contribution in [3.8, 4) is 0 Å². The summed E-state index contributed by atoms with van der Waals surface area (Å²) in [5.74, 6) is 0.952. The summed E-state index contributed by atoms with van der Waals surface area (Å²) in [5, 5.41) is 12.3. The van der Waals surface area contributed by atoms with E-state index in [0.717, 1.165) is 23.0 Å². The van der Waals surface area contributed by atoms with Crippen molar-refractivity contribution in [2.45, 2.75) is 25.0 Å². The minimum Gasteiger partial charge on any atom is -0.329 e. The molecule has 0 aliphatic rings. The van der Waals surface area contributed by atoms with Gasteiger partial charge in [-0.15, -0.1) is 16.4 Å². The Morgan fingerprint density at radius 3 is 3.12 bits per heavy atom. The largest absolute Gasteiger partial charge is 0.329 e. The van der Waals surface area contributed by atoms with Crippen LogP contribution in [-0.4, -0.2) is 37.5 Å². The van der Waals surface area contributed by atoms with E-state index in [2.05, 4.69) is 20.5 Å². The first-order chi connectivity index (χ1) is 8.31. The Morgan fingerprint density at radius 1 is 1.53 bits per heavy atom. The Morgan fingerprint density at radius 2 is 2.41 bits per heavy atom. The van der Waals surface area contributed by atoms with E-state index in [0.29, 0.717) is 13.1 Å². The van der Waals surface area contributed by atoms with Gasteiger partial charge in [0.1, 0.15) is 0 Å². The van der Waals surface area contributed by atoms with Crippen molar-refractivity contribution in [1.29, 1.82) is 0 Å². The van der Waals surface area contributed by atoms with E-state index in [1.807, 2.05) is 12.4 Å². The molecule has 92 valence electrons. The van der Waals surface area contributed by atoms with Crippen LogP contribution >= 0.6 is 23.1 Å². The van der Waals surface area contributed by atoms with Crippen molar-refractivity contribution in [2.75, 3.05) is 12.3 Å². The Bertz CT molecular complexity index is 466. The van der Waals surface area contributed by atoms with E-state index in [1.54, 1.807) is 27.8 Å². The molecule has 17 heavy (non-hydrogen) atoms. The van der Waals surface area contributed by atoms with Gasteiger partial charge in [0.25, 0.3) is 0 Å². The zero-order chi connectivity index (χ0) is 12.1. The highest BCUT2D eigenvalue weighted by atomic mass is 32.2. The van der Waals surface area contributed by atoms with Crippen LogP contribution in [0.1, 0.15) is 10.6 Å². The molecule has 6 nitrogen and oxygen atoms in total. The van der Waals surface area contributed by atoms with E-state index in [4.69, 9.17) is 5.73 Å². The molecule has 2 rings (SSSR count). The predicted octanol–water partition coefficient (Wildman–Crippen LogP) is 0.732. The van der Waals surface area contributed by atoms with E-state index in [-0.39, 0.29) is 0 Å². The Labute approximate surface area is 108 Å². The summed E-state index contributed by atoms with van der Waals surface area (Å²) in [6, 6.07) is 0. The summed E-state index contributed by atoms with van der Waals surface area (Å²) in [6.07, 6.45) is 0.997. The van der Waals surface area contributed by atoms with Crippen LogP contribution in [0.2, 0.25) is 0 Å². The molecule has 2 aromatic heterocycles. The topological polar surface area (TPSA) is 82.5 Å². The molecule has 0 aliphatic carbocycles. The summed E-state index contributed by atoms with van der Waals surface area (Å²) in [4.78, 5) is 5.56.